The number of benzene rings is 1. The Balaban J connectivity index is 1.42. The summed E-state index contributed by atoms with van der Waals surface area (Å²) in [4.78, 5) is 9.86. The molecule has 3 nitrogen and oxygen atoms in total. The molecule has 150 valence electrons. The molecule has 0 spiro atoms. The molecular weight excluding hydrogens is 366 g/mol. The highest BCUT2D eigenvalue weighted by Crippen LogP contribution is 2.32. The zero-order valence-electron chi connectivity index (χ0n) is 16.9. The summed E-state index contributed by atoms with van der Waals surface area (Å²) in [6, 6.07) is 16.1. The van der Waals surface area contributed by atoms with Crippen LogP contribution in [0.2, 0.25) is 5.02 Å². The highest BCUT2D eigenvalue weighted by molar-refractivity contribution is 6.30. The first-order valence-corrected chi connectivity index (χ1v) is 11.3. The van der Waals surface area contributed by atoms with Gasteiger partial charge < -0.3 is 4.90 Å². The summed E-state index contributed by atoms with van der Waals surface area (Å²) in [5, 5.41) is 0.831. The Morgan fingerprint density at radius 3 is 2.46 bits per heavy atom. The minimum absolute atomic E-state index is 0.662. The van der Waals surface area contributed by atoms with Crippen LogP contribution in [-0.4, -0.2) is 41.6 Å². The minimum atomic E-state index is 0.662. The average molecular weight is 398 g/mol. The van der Waals surface area contributed by atoms with Crippen LogP contribution in [0.3, 0.4) is 0 Å². The van der Waals surface area contributed by atoms with Crippen molar-refractivity contribution in [2.75, 3.05) is 24.5 Å². The van der Waals surface area contributed by atoms with Crippen molar-refractivity contribution in [3.8, 4) is 0 Å². The molecular formula is C24H32ClN3. The summed E-state index contributed by atoms with van der Waals surface area (Å²) >= 11 is 6.09. The van der Waals surface area contributed by atoms with Crippen molar-refractivity contribution in [1.82, 2.24) is 9.88 Å². The van der Waals surface area contributed by atoms with Gasteiger partial charge in [-0.3, -0.25) is 4.90 Å². The number of piperidine rings is 2. The smallest absolute Gasteiger partial charge is 0.128 e. The van der Waals surface area contributed by atoms with Crippen molar-refractivity contribution < 1.29 is 0 Å². The molecule has 0 saturated carbocycles. The van der Waals surface area contributed by atoms with E-state index in [1.54, 1.807) is 0 Å². The molecule has 28 heavy (non-hydrogen) atoms. The molecule has 4 rings (SSSR count). The fourth-order valence-electron chi connectivity index (χ4n) is 4.99. The largest absolute Gasteiger partial charge is 0.357 e. The quantitative estimate of drug-likeness (QED) is 0.669. The van der Waals surface area contributed by atoms with Gasteiger partial charge in [-0.25, -0.2) is 4.98 Å². The van der Waals surface area contributed by atoms with Gasteiger partial charge in [0.05, 0.1) is 0 Å². The molecule has 0 aliphatic carbocycles. The Labute approximate surface area is 174 Å². The lowest BCUT2D eigenvalue weighted by Gasteiger charge is -2.47. The molecule has 2 aliphatic heterocycles. The van der Waals surface area contributed by atoms with Gasteiger partial charge in [0, 0.05) is 42.9 Å². The third-order valence-corrected chi connectivity index (χ3v) is 6.97. The number of nitrogens with zero attached hydrogens (tertiary/aromatic N) is 3. The molecule has 3 heterocycles. The summed E-state index contributed by atoms with van der Waals surface area (Å²) in [6.07, 6.45) is 9.53. The maximum absolute atomic E-state index is 6.09. The zero-order chi connectivity index (χ0) is 19.3. The second-order valence-corrected chi connectivity index (χ2v) is 8.88. The third kappa shape index (κ3) is 4.69. The third-order valence-electron chi connectivity index (χ3n) is 6.71. The maximum Gasteiger partial charge on any atom is 0.128 e. The van der Waals surface area contributed by atoms with E-state index in [2.05, 4.69) is 46.0 Å². The van der Waals surface area contributed by atoms with Crippen LogP contribution < -0.4 is 4.90 Å². The first-order chi connectivity index (χ1) is 13.7. The topological polar surface area (TPSA) is 19.4 Å². The normalized spacial score (nSPS) is 24.4. The van der Waals surface area contributed by atoms with E-state index in [0.717, 1.165) is 36.3 Å². The Morgan fingerprint density at radius 1 is 1.00 bits per heavy atom. The van der Waals surface area contributed by atoms with Gasteiger partial charge in [-0.1, -0.05) is 43.1 Å². The highest BCUT2D eigenvalue weighted by atomic mass is 35.5. The summed E-state index contributed by atoms with van der Waals surface area (Å²) in [5.74, 6) is 1.99. The van der Waals surface area contributed by atoms with Crippen molar-refractivity contribution in [3.63, 3.8) is 0 Å². The summed E-state index contributed by atoms with van der Waals surface area (Å²) in [5.41, 5.74) is 1.42. The van der Waals surface area contributed by atoms with E-state index in [-0.39, 0.29) is 0 Å². The van der Waals surface area contributed by atoms with E-state index in [4.69, 9.17) is 11.6 Å². The highest BCUT2D eigenvalue weighted by Gasteiger charge is 2.34. The van der Waals surface area contributed by atoms with Gasteiger partial charge in [0.2, 0.25) is 0 Å². The molecule has 4 heteroatoms. The van der Waals surface area contributed by atoms with Crippen LogP contribution in [0.1, 0.15) is 44.6 Å². The Kier molecular flexibility index (Phi) is 6.54. The standard InChI is InChI=1S/C24H32ClN3/c1-2-19-8-11-23(17-20-6-9-21(25)10-7-20)28(18-19)22-12-15-27(16-13-22)24-5-3-4-14-26-24/h3-7,9-10,14,19,22-23H,2,8,11-13,15-18H2,1H3/t19-,23-/m1/s1. The van der Waals surface area contributed by atoms with E-state index in [9.17, 15) is 0 Å². The Bertz CT molecular complexity index is 725. The molecule has 1 aromatic carbocycles. The van der Waals surface area contributed by atoms with Crippen molar-refractivity contribution in [2.45, 2.75) is 57.5 Å². The van der Waals surface area contributed by atoms with Gasteiger partial charge >= 0.3 is 0 Å². The van der Waals surface area contributed by atoms with Crippen LogP contribution in [0.15, 0.2) is 48.7 Å². The van der Waals surface area contributed by atoms with Crippen LogP contribution in [0.25, 0.3) is 0 Å². The number of halogens is 1. The van der Waals surface area contributed by atoms with E-state index in [0.29, 0.717) is 12.1 Å². The van der Waals surface area contributed by atoms with Gasteiger partial charge in [0.15, 0.2) is 0 Å². The van der Waals surface area contributed by atoms with E-state index < -0.39 is 0 Å². The fraction of sp³-hybridized carbons (Fsp3) is 0.542. The van der Waals surface area contributed by atoms with Gasteiger partial charge in [0.25, 0.3) is 0 Å². The second-order valence-electron chi connectivity index (χ2n) is 8.44. The number of aromatic nitrogens is 1. The van der Waals surface area contributed by atoms with Gasteiger partial charge in [-0.05, 0) is 67.9 Å². The van der Waals surface area contributed by atoms with Gasteiger partial charge in [-0.15, -0.1) is 0 Å². The second kappa shape index (κ2) is 9.28. The van der Waals surface area contributed by atoms with Crippen LogP contribution >= 0.6 is 11.6 Å². The van der Waals surface area contributed by atoms with Crippen LogP contribution in [0.4, 0.5) is 5.82 Å². The Morgan fingerprint density at radius 2 is 1.79 bits per heavy atom. The molecule has 1 aromatic heterocycles. The Hall–Kier alpha value is -1.58. The summed E-state index contributed by atoms with van der Waals surface area (Å²) in [7, 11) is 0. The van der Waals surface area contributed by atoms with Crippen molar-refractivity contribution >= 4 is 17.4 Å². The zero-order valence-corrected chi connectivity index (χ0v) is 17.7. The lowest BCUT2D eigenvalue weighted by Crippen LogP contribution is -2.53. The van der Waals surface area contributed by atoms with E-state index in [1.807, 2.05) is 24.4 Å². The first kappa shape index (κ1) is 19.7. The molecule has 2 aliphatic rings. The average Bonchev–Trinajstić information content (AvgIpc) is 2.76. The van der Waals surface area contributed by atoms with Crippen molar-refractivity contribution in [3.05, 3.63) is 59.2 Å². The predicted molar refractivity (Wildman–Crippen MR) is 118 cm³/mol. The molecule has 0 N–H and O–H groups in total. The minimum Gasteiger partial charge on any atom is -0.357 e. The lowest BCUT2D eigenvalue weighted by molar-refractivity contribution is 0.0496. The van der Waals surface area contributed by atoms with Crippen LogP contribution in [0, 0.1) is 5.92 Å². The number of hydrogen-bond donors (Lipinski definition) is 0. The fourth-order valence-corrected chi connectivity index (χ4v) is 5.12. The molecule has 0 bridgehead atoms. The van der Waals surface area contributed by atoms with Crippen LogP contribution in [0.5, 0.6) is 0 Å². The molecule has 0 unspecified atom stereocenters. The van der Waals surface area contributed by atoms with Crippen LogP contribution in [-0.2, 0) is 6.42 Å². The monoisotopic (exact) mass is 397 g/mol. The number of likely N-dealkylation sites (tertiary alicyclic amines) is 1. The predicted octanol–water partition coefficient (Wildman–Crippen LogP) is 5.44. The summed E-state index contributed by atoms with van der Waals surface area (Å²) < 4.78 is 0. The molecule has 0 radical (unpaired) electrons. The van der Waals surface area contributed by atoms with E-state index in [1.165, 1.54) is 44.2 Å². The van der Waals surface area contributed by atoms with Gasteiger partial charge in [-0.2, -0.15) is 0 Å². The maximum atomic E-state index is 6.09. The summed E-state index contributed by atoms with van der Waals surface area (Å²) in [6.45, 7) is 5.85. The lowest BCUT2D eigenvalue weighted by atomic mass is 9.85. The number of rotatable bonds is 5. The number of anilines is 1. The molecule has 2 fully saturated rings. The first-order valence-electron chi connectivity index (χ1n) is 10.9. The molecule has 2 atom stereocenters. The van der Waals surface area contributed by atoms with Crippen molar-refractivity contribution in [1.29, 1.82) is 0 Å². The number of hydrogen-bond acceptors (Lipinski definition) is 3. The molecule has 2 saturated heterocycles. The van der Waals surface area contributed by atoms with Crippen molar-refractivity contribution in [2.24, 2.45) is 5.92 Å². The van der Waals surface area contributed by atoms with E-state index >= 15 is 0 Å². The number of pyridine rings is 1. The molecule has 0 amide bonds. The molecule has 2 aromatic rings. The van der Waals surface area contributed by atoms with Gasteiger partial charge in [0.1, 0.15) is 5.82 Å². The SMILES string of the molecule is CC[C@@H]1CC[C@H](Cc2ccc(Cl)cc2)N(C2CCN(c3ccccn3)CC2)C1.